The van der Waals surface area contributed by atoms with Gasteiger partial charge in [0.2, 0.25) is 5.91 Å². The van der Waals surface area contributed by atoms with E-state index in [0.717, 1.165) is 5.39 Å². The summed E-state index contributed by atoms with van der Waals surface area (Å²) in [4.78, 5) is 34.3. The lowest BCUT2D eigenvalue weighted by Crippen LogP contribution is -2.40. The van der Waals surface area contributed by atoms with E-state index in [-0.39, 0.29) is 18.5 Å². The van der Waals surface area contributed by atoms with Crippen LogP contribution in [0.5, 0.6) is 0 Å². The molecule has 4 rings (SSSR count). The van der Waals surface area contributed by atoms with Crippen molar-refractivity contribution in [3.63, 3.8) is 0 Å². The van der Waals surface area contributed by atoms with Gasteiger partial charge in [0.05, 0.1) is 22.4 Å². The van der Waals surface area contributed by atoms with E-state index in [4.69, 9.17) is 9.37 Å². The first-order valence-corrected chi connectivity index (χ1v) is 11.8. The van der Waals surface area contributed by atoms with E-state index in [1.807, 2.05) is 6.07 Å². The van der Waals surface area contributed by atoms with E-state index in [1.54, 1.807) is 36.7 Å². The molecular formula is C26H31N7O3. The van der Waals surface area contributed by atoms with Crippen LogP contribution in [-0.2, 0) is 4.79 Å². The average Bonchev–Trinajstić information content (AvgIpc) is 3.29. The van der Waals surface area contributed by atoms with E-state index < -0.39 is 24.4 Å². The van der Waals surface area contributed by atoms with Gasteiger partial charge >= 0.3 is 0 Å². The SMILES string of the molecule is [2H]C([2H])([2H])NC(=O)C1CCC(NC(=O)c2cnc(-n3ccc4cc(C#N)cnc43)cc2NCC(C)(C)O)CC1. The monoisotopic (exact) mass is 492 g/mol. The van der Waals surface area contributed by atoms with Gasteiger partial charge in [-0.2, -0.15) is 5.26 Å². The van der Waals surface area contributed by atoms with E-state index in [2.05, 4.69) is 32.0 Å². The van der Waals surface area contributed by atoms with Crippen LogP contribution in [-0.4, -0.2) is 56.6 Å². The first kappa shape index (κ1) is 21.3. The van der Waals surface area contributed by atoms with Crippen LogP contribution >= 0.6 is 0 Å². The predicted octanol–water partition coefficient (Wildman–Crippen LogP) is 2.51. The van der Waals surface area contributed by atoms with Crippen molar-refractivity contribution in [2.75, 3.05) is 18.8 Å². The second-order valence-electron chi connectivity index (χ2n) is 9.70. The highest BCUT2D eigenvalue weighted by Gasteiger charge is 2.27. The van der Waals surface area contributed by atoms with Gasteiger partial charge in [-0.25, -0.2) is 9.97 Å². The third kappa shape index (κ3) is 5.63. The molecule has 0 bridgehead atoms. The Labute approximate surface area is 214 Å². The molecule has 188 valence electrons. The normalized spacial score (nSPS) is 19.4. The van der Waals surface area contributed by atoms with Crippen LogP contribution < -0.4 is 16.0 Å². The minimum atomic E-state index is -2.52. The van der Waals surface area contributed by atoms with Crippen molar-refractivity contribution < 1.29 is 18.8 Å². The van der Waals surface area contributed by atoms with Gasteiger partial charge in [-0.1, -0.05) is 0 Å². The molecule has 1 aliphatic rings. The maximum atomic E-state index is 13.3. The number of rotatable bonds is 7. The van der Waals surface area contributed by atoms with Crippen molar-refractivity contribution in [2.45, 2.75) is 51.2 Å². The number of aromatic nitrogens is 3. The molecule has 1 fully saturated rings. The molecule has 0 radical (unpaired) electrons. The number of hydrogen-bond donors (Lipinski definition) is 4. The van der Waals surface area contributed by atoms with Crippen molar-refractivity contribution >= 4 is 28.5 Å². The molecular weight excluding hydrogens is 458 g/mol. The fourth-order valence-corrected chi connectivity index (χ4v) is 4.35. The zero-order chi connectivity index (χ0) is 28.4. The highest BCUT2D eigenvalue weighted by Crippen LogP contribution is 2.26. The molecule has 1 aliphatic carbocycles. The molecule has 0 aliphatic heterocycles. The van der Waals surface area contributed by atoms with Crippen molar-refractivity contribution in [3.8, 4) is 11.9 Å². The Balaban J connectivity index is 1.52. The fourth-order valence-electron chi connectivity index (χ4n) is 4.35. The Kier molecular flexibility index (Phi) is 6.12. The first-order valence-electron chi connectivity index (χ1n) is 13.3. The molecule has 3 heterocycles. The number of nitriles is 1. The Morgan fingerprint density at radius 3 is 2.72 bits per heavy atom. The maximum absolute atomic E-state index is 13.3. The van der Waals surface area contributed by atoms with E-state index in [9.17, 15) is 14.7 Å². The quantitative estimate of drug-likeness (QED) is 0.396. The summed E-state index contributed by atoms with van der Waals surface area (Å²) in [5.74, 6) is -0.749. The van der Waals surface area contributed by atoms with E-state index in [0.29, 0.717) is 54.0 Å². The zero-order valence-electron chi connectivity index (χ0n) is 23.2. The lowest BCUT2D eigenvalue weighted by atomic mass is 9.85. The largest absolute Gasteiger partial charge is 0.389 e. The molecule has 4 N–H and O–H groups in total. The van der Waals surface area contributed by atoms with Crippen molar-refractivity contribution in [1.82, 2.24) is 25.2 Å². The number of pyridine rings is 2. The Morgan fingerprint density at radius 1 is 1.25 bits per heavy atom. The highest BCUT2D eigenvalue weighted by atomic mass is 16.3. The molecule has 2 amide bonds. The first-order chi connectivity index (χ1) is 18.3. The average molecular weight is 493 g/mol. The van der Waals surface area contributed by atoms with Crippen LogP contribution in [0.15, 0.2) is 36.8 Å². The standard InChI is InChI=1S/C26H31N7O3/c1-26(2,36)15-31-21-11-22(33-9-8-18-10-16(12-27)13-30-23(18)33)29-14-20(21)25(35)32-19-6-4-17(5-7-19)24(34)28-3/h8-11,13-14,17,19,36H,4-7,15H2,1-3H3,(H,28,34)(H,29,31)(H,32,35)/i3D3. The second kappa shape index (κ2) is 10.3. The predicted molar refractivity (Wildman–Crippen MR) is 136 cm³/mol. The van der Waals surface area contributed by atoms with Crippen LogP contribution in [0.4, 0.5) is 5.69 Å². The molecule has 1 saturated carbocycles. The summed E-state index contributed by atoms with van der Waals surface area (Å²) in [6.07, 6.45) is 6.73. The molecule has 3 aromatic rings. The molecule has 36 heavy (non-hydrogen) atoms. The smallest absolute Gasteiger partial charge is 0.255 e. The van der Waals surface area contributed by atoms with Gasteiger partial charge in [-0.05, 0) is 51.7 Å². The van der Waals surface area contributed by atoms with Crippen LogP contribution in [0.25, 0.3) is 16.9 Å². The summed E-state index contributed by atoms with van der Waals surface area (Å²) < 4.78 is 23.4. The summed E-state index contributed by atoms with van der Waals surface area (Å²) in [6, 6.07) is 7.15. The molecule has 0 spiro atoms. The molecule has 0 unspecified atom stereocenters. The minimum absolute atomic E-state index is 0.177. The Bertz CT molecular complexity index is 1410. The number of nitrogens with zero attached hydrogens (tertiary/aromatic N) is 4. The number of amides is 2. The van der Waals surface area contributed by atoms with Gasteiger partial charge in [0.1, 0.15) is 17.5 Å². The molecule has 0 atom stereocenters. The van der Waals surface area contributed by atoms with Gasteiger partial charge in [0, 0.05) is 59.6 Å². The van der Waals surface area contributed by atoms with Crippen LogP contribution in [0, 0.1) is 17.2 Å². The van der Waals surface area contributed by atoms with E-state index in [1.165, 1.54) is 12.4 Å². The van der Waals surface area contributed by atoms with E-state index >= 15 is 0 Å². The fraction of sp³-hybridized carbons (Fsp3) is 0.423. The number of carbonyl (C=O) groups excluding carboxylic acids is 2. The molecule has 0 aromatic carbocycles. The summed E-state index contributed by atoms with van der Waals surface area (Å²) in [6.45, 7) is 0.963. The molecule has 10 heteroatoms. The van der Waals surface area contributed by atoms with Gasteiger partial charge < -0.3 is 21.1 Å². The van der Waals surface area contributed by atoms with Crippen molar-refractivity contribution in [2.24, 2.45) is 5.92 Å². The topological polar surface area (TPSA) is 145 Å². The summed E-state index contributed by atoms with van der Waals surface area (Å²) in [7, 11) is 0. The maximum Gasteiger partial charge on any atom is 0.255 e. The number of hydrogen-bond acceptors (Lipinski definition) is 7. The summed E-state index contributed by atoms with van der Waals surface area (Å²) in [5, 5.41) is 28.4. The number of anilines is 1. The summed E-state index contributed by atoms with van der Waals surface area (Å²) >= 11 is 0. The second-order valence-corrected chi connectivity index (χ2v) is 9.70. The van der Waals surface area contributed by atoms with Crippen LogP contribution in [0.1, 0.15) is 59.6 Å². The number of fused-ring (bicyclic) bond motifs is 1. The van der Waals surface area contributed by atoms with Crippen molar-refractivity contribution in [1.29, 1.82) is 5.26 Å². The third-order valence-corrected chi connectivity index (χ3v) is 6.30. The number of nitrogens with one attached hydrogen (secondary N) is 3. The Hall–Kier alpha value is -3.97. The summed E-state index contributed by atoms with van der Waals surface area (Å²) in [5.41, 5.74) is 0.772. The third-order valence-electron chi connectivity index (χ3n) is 6.30. The highest BCUT2D eigenvalue weighted by molar-refractivity contribution is 5.99. The molecule has 3 aromatic heterocycles. The van der Waals surface area contributed by atoms with Gasteiger partial charge in [0.25, 0.3) is 5.91 Å². The van der Waals surface area contributed by atoms with Gasteiger partial charge in [-0.15, -0.1) is 0 Å². The number of carbonyl (C=O) groups is 2. The Morgan fingerprint density at radius 2 is 2.03 bits per heavy atom. The van der Waals surface area contributed by atoms with Crippen molar-refractivity contribution in [3.05, 3.63) is 47.9 Å². The van der Waals surface area contributed by atoms with Crippen LogP contribution in [0.2, 0.25) is 0 Å². The number of aliphatic hydroxyl groups is 1. The molecule has 0 saturated heterocycles. The van der Waals surface area contributed by atoms with Crippen LogP contribution in [0.3, 0.4) is 0 Å². The zero-order valence-corrected chi connectivity index (χ0v) is 20.2. The minimum Gasteiger partial charge on any atom is -0.389 e. The van der Waals surface area contributed by atoms with Gasteiger partial charge in [-0.3, -0.25) is 14.2 Å². The van der Waals surface area contributed by atoms with Gasteiger partial charge in [0.15, 0.2) is 0 Å². The molecule has 10 nitrogen and oxygen atoms in total. The lowest BCUT2D eigenvalue weighted by Gasteiger charge is -2.28. The lowest BCUT2D eigenvalue weighted by molar-refractivity contribution is -0.125.